The number of hydrogen-bond donors (Lipinski definition) is 1. The molecule has 1 aromatic heterocycles. The van der Waals surface area contributed by atoms with Crippen molar-refractivity contribution in [2.75, 3.05) is 19.6 Å². The first-order valence-electron chi connectivity index (χ1n) is 8.20. The van der Waals surface area contributed by atoms with Gasteiger partial charge < -0.3 is 10.5 Å². The molecular weight excluding hydrogens is 286 g/mol. The Hall–Kier alpha value is -1.91. The molecule has 1 aliphatic rings. The molecule has 2 aromatic rings. The Morgan fingerprint density at radius 1 is 1.22 bits per heavy atom. The average Bonchev–Trinajstić information content (AvgIpc) is 2.97. The number of ether oxygens (including phenoxy) is 1. The highest BCUT2D eigenvalue weighted by Gasteiger charge is 2.32. The Labute approximate surface area is 138 Å². The lowest BCUT2D eigenvalue weighted by atomic mass is 9.90. The molecule has 1 atom stereocenters. The molecule has 0 radical (unpaired) electrons. The van der Waals surface area contributed by atoms with Crippen molar-refractivity contribution in [1.82, 2.24) is 9.88 Å². The van der Waals surface area contributed by atoms with Crippen LogP contribution in [0.3, 0.4) is 0 Å². The van der Waals surface area contributed by atoms with Gasteiger partial charge in [0, 0.05) is 31.0 Å². The van der Waals surface area contributed by atoms with Crippen LogP contribution in [0.1, 0.15) is 24.5 Å². The van der Waals surface area contributed by atoms with Gasteiger partial charge in [0.05, 0.1) is 0 Å². The van der Waals surface area contributed by atoms with Crippen LogP contribution < -0.4 is 10.5 Å². The van der Waals surface area contributed by atoms with Crippen LogP contribution in [0.5, 0.6) is 5.75 Å². The van der Waals surface area contributed by atoms with Crippen molar-refractivity contribution in [1.29, 1.82) is 0 Å². The van der Waals surface area contributed by atoms with Gasteiger partial charge in [-0.3, -0.25) is 9.88 Å². The predicted octanol–water partition coefficient (Wildman–Crippen LogP) is 2.83. The lowest BCUT2D eigenvalue weighted by Crippen LogP contribution is -2.31. The summed E-state index contributed by atoms with van der Waals surface area (Å²) in [5.74, 6) is 0.894. The molecule has 0 spiro atoms. The van der Waals surface area contributed by atoms with Crippen molar-refractivity contribution in [3.63, 3.8) is 0 Å². The molecule has 23 heavy (non-hydrogen) atoms. The number of pyridine rings is 1. The van der Waals surface area contributed by atoms with Gasteiger partial charge in [0.1, 0.15) is 12.4 Å². The van der Waals surface area contributed by atoms with Crippen LogP contribution in [0, 0.1) is 5.41 Å². The van der Waals surface area contributed by atoms with Crippen molar-refractivity contribution in [3.05, 3.63) is 59.9 Å². The number of nitrogens with two attached hydrogens (primary N) is 1. The largest absolute Gasteiger partial charge is 0.489 e. The first-order valence-corrected chi connectivity index (χ1v) is 8.20. The molecule has 2 N–H and O–H groups in total. The van der Waals surface area contributed by atoms with Crippen molar-refractivity contribution in [2.45, 2.75) is 26.5 Å². The number of likely N-dealkylation sites (tertiary alicyclic amines) is 1. The highest BCUT2D eigenvalue weighted by molar-refractivity contribution is 5.27. The number of hydrogen-bond acceptors (Lipinski definition) is 4. The summed E-state index contributed by atoms with van der Waals surface area (Å²) >= 11 is 0. The molecular formula is C19H25N3O. The fourth-order valence-corrected chi connectivity index (χ4v) is 3.03. The number of aromatic nitrogens is 1. The lowest BCUT2D eigenvalue weighted by Gasteiger charge is -2.22. The van der Waals surface area contributed by atoms with Crippen LogP contribution in [0.4, 0.5) is 0 Å². The van der Waals surface area contributed by atoms with E-state index in [4.69, 9.17) is 10.5 Å². The zero-order chi connectivity index (χ0) is 16.1. The lowest BCUT2D eigenvalue weighted by molar-refractivity contribution is 0.274. The van der Waals surface area contributed by atoms with Gasteiger partial charge in [0.2, 0.25) is 0 Å². The number of rotatable bonds is 6. The number of nitrogens with zero attached hydrogens (tertiary/aromatic N) is 2. The molecule has 0 aliphatic carbocycles. The standard InChI is InChI=1S/C19H25N3O/c1-19(14-20)8-10-22(15-19)12-16-4-6-18(7-5-16)23-13-17-3-2-9-21-11-17/h2-7,9,11H,8,10,12-15,20H2,1H3. The van der Waals surface area contributed by atoms with Crippen LogP contribution in [-0.4, -0.2) is 29.5 Å². The third-order valence-corrected chi connectivity index (χ3v) is 4.59. The van der Waals surface area contributed by atoms with E-state index < -0.39 is 0 Å². The minimum Gasteiger partial charge on any atom is -0.489 e. The molecule has 3 rings (SSSR count). The van der Waals surface area contributed by atoms with Crippen LogP contribution >= 0.6 is 0 Å². The molecule has 122 valence electrons. The fraction of sp³-hybridized carbons (Fsp3) is 0.421. The molecule has 1 fully saturated rings. The summed E-state index contributed by atoms with van der Waals surface area (Å²) in [7, 11) is 0. The Bertz CT molecular complexity index is 614. The predicted molar refractivity (Wildman–Crippen MR) is 92.1 cm³/mol. The summed E-state index contributed by atoms with van der Waals surface area (Å²) in [6.45, 7) is 6.80. The molecule has 0 saturated carbocycles. The normalized spacial score (nSPS) is 21.5. The Morgan fingerprint density at radius 2 is 2.04 bits per heavy atom. The minimum absolute atomic E-state index is 0.284. The van der Waals surface area contributed by atoms with Crippen molar-refractivity contribution >= 4 is 0 Å². The molecule has 1 aliphatic heterocycles. The van der Waals surface area contributed by atoms with Crippen LogP contribution in [0.2, 0.25) is 0 Å². The molecule has 1 aromatic carbocycles. The van der Waals surface area contributed by atoms with E-state index in [-0.39, 0.29) is 5.41 Å². The zero-order valence-electron chi connectivity index (χ0n) is 13.7. The molecule has 2 heterocycles. The van der Waals surface area contributed by atoms with E-state index in [0.717, 1.165) is 37.5 Å². The van der Waals surface area contributed by atoms with Gasteiger partial charge in [-0.1, -0.05) is 25.1 Å². The highest BCUT2D eigenvalue weighted by atomic mass is 16.5. The average molecular weight is 311 g/mol. The SMILES string of the molecule is CC1(CN)CCN(Cc2ccc(OCc3cccnc3)cc2)C1. The molecule has 4 nitrogen and oxygen atoms in total. The Morgan fingerprint density at radius 3 is 2.70 bits per heavy atom. The van der Waals surface area contributed by atoms with Crippen molar-refractivity contribution in [2.24, 2.45) is 11.1 Å². The molecule has 1 saturated heterocycles. The van der Waals surface area contributed by atoms with Gasteiger partial charge >= 0.3 is 0 Å². The highest BCUT2D eigenvalue weighted by Crippen LogP contribution is 2.29. The van der Waals surface area contributed by atoms with Gasteiger partial charge in [0.25, 0.3) is 0 Å². The quantitative estimate of drug-likeness (QED) is 0.891. The first-order chi connectivity index (χ1) is 11.2. The molecule has 0 bridgehead atoms. The summed E-state index contributed by atoms with van der Waals surface area (Å²) in [6.07, 6.45) is 4.79. The van der Waals surface area contributed by atoms with Gasteiger partial charge in [0.15, 0.2) is 0 Å². The van der Waals surface area contributed by atoms with E-state index in [9.17, 15) is 0 Å². The Balaban J connectivity index is 1.51. The maximum Gasteiger partial charge on any atom is 0.119 e. The van der Waals surface area contributed by atoms with Crippen LogP contribution in [0.15, 0.2) is 48.8 Å². The van der Waals surface area contributed by atoms with Gasteiger partial charge in [-0.25, -0.2) is 0 Å². The van der Waals surface area contributed by atoms with Crippen molar-refractivity contribution in [3.8, 4) is 5.75 Å². The summed E-state index contributed by atoms with van der Waals surface area (Å²) < 4.78 is 5.80. The minimum atomic E-state index is 0.284. The first kappa shape index (κ1) is 16.0. The molecule has 4 heteroatoms. The third kappa shape index (κ3) is 4.30. The van der Waals surface area contributed by atoms with E-state index in [1.807, 2.05) is 30.5 Å². The second kappa shape index (κ2) is 7.11. The summed E-state index contributed by atoms with van der Waals surface area (Å²) in [6, 6.07) is 12.3. The van der Waals surface area contributed by atoms with E-state index in [0.29, 0.717) is 6.61 Å². The summed E-state index contributed by atoms with van der Waals surface area (Å²) in [5, 5.41) is 0. The van der Waals surface area contributed by atoms with Gasteiger partial charge in [-0.15, -0.1) is 0 Å². The maximum absolute atomic E-state index is 5.88. The number of benzene rings is 1. The second-order valence-electron chi connectivity index (χ2n) is 6.77. The third-order valence-electron chi connectivity index (χ3n) is 4.59. The monoisotopic (exact) mass is 311 g/mol. The smallest absolute Gasteiger partial charge is 0.119 e. The van der Waals surface area contributed by atoms with Gasteiger partial charge in [-0.05, 0) is 48.7 Å². The maximum atomic E-state index is 5.88. The fourth-order valence-electron chi connectivity index (χ4n) is 3.03. The van der Waals surface area contributed by atoms with Crippen molar-refractivity contribution < 1.29 is 4.74 Å². The Kier molecular flexibility index (Phi) is 4.94. The topological polar surface area (TPSA) is 51.4 Å². The van der Waals surface area contributed by atoms with E-state index in [1.54, 1.807) is 6.20 Å². The summed E-state index contributed by atoms with van der Waals surface area (Å²) in [5.41, 5.74) is 8.56. The van der Waals surface area contributed by atoms with Gasteiger partial charge in [-0.2, -0.15) is 0 Å². The second-order valence-corrected chi connectivity index (χ2v) is 6.77. The summed E-state index contributed by atoms with van der Waals surface area (Å²) in [4.78, 5) is 6.58. The van der Waals surface area contributed by atoms with Crippen LogP contribution in [-0.2, 0) is 13.2 Å². The molecule has 0 amide bonds. The van der Waals surface area contributed by atoms with Crippen LogP contribution in [0.25, 0.3) is 0 Å². The molecule has 1 unspecified atom stereocenters. The van der Waals surface area contributed by atoms with E-state index in [2.05, 4.69) is 28.9 Å². The zero-order valence-corrected chi connectivity index (χ0v) is 13.7. The van der Waals surface area contributed by atoms with E-state index >= 15 is 0 Å². The van der Waals surface area contributed by atoms with E-state index in [1.165, 1.54) is 12.0 Å².